The molecule has 3 aliphatic rings. The highest BCUT2D eigenvalue weighted by molar-refractivity contribution is 5.82. The van der Waals surface area contributed by atoms with Gasteiger partial charge in [-0.05, 0) is 43.9 Å². The first kappa shape index (κ1) is 10.1. The van der Waals surface area contributed by atoms with Crippen LogP contribution in [0.15, 0.2) is 0 Å². The second kappa shape index (κ2) is 3.22. The Morgan fingerprint density at radius 1 is 1.19 bits per heavy atom. The number of fused-ring (bicyclic) bond motifs is 1. The van der Waals surface area contributed by atoms with Crippen LogP contribution in [0.4, 0.5) is 0 Å². The maximum atomic E-state index is 11.8. The van der Waals surface area contributed by atoms with Gasteiger partial charge in [-0.15, -0.1) is 0 Å². The van der Waals surface area contributed by atoms with E-state index in [1.165, 1.54) is 6.42 Å². The summed E-state index contributed by atoms with van der Waals surface area (Å²) < 4.78 is 0. The summed E-state index contributed by atoms with van der Waals surface area (Å²) in [6.07, 6.45) is 4.77. The van der Waals surface area contributed by atoms with Crippen molar-refractivity contribution in [3.63, 3.8) is 0 Å². The number of hydrogen-bond donors (Lipinski definition) is 2. The van der Waals surface area contributed by atoms with Crippen LogP contribution >= 0.6 is 0 Å². The normalized spacial score (nSPS) is 37.6. The predicted molar refractivity (Wildman–Crippen MR) is 56.6 cm³/mol. The van der Waals surface area contributed by atoms with E-state index >= 15 is 0 Å². The van der Waals surface area contributed by atoms with Crippen LogP contribution in [0.2, 0.25) is 0 Å². The van der Waals surface area contributed by atoms with Crippen molar-refractivity contribution in [2.45, 2.75) is 32.1 Å². The number of carbonyl (C=O) groups is 2. The lowest BCUT2D eigenvalue weighted by Crippen LogP contribution is -2.37. The zero-order chi connectivity index (χ0) is 11.3. The van der Waals surface area contributed by atoms with Crippen LogP contribution in [0.25, 0.3) is 0 Å². The summed E-state index contributed by atoms with van der Waals surface area (Å²) in [4.78, 5) is 22.7. The summed E-state index contributed by atoms with van der Waals surface area (Å²) in [5.41, 5.74) is -0.628. The van der Waals surface area contributed by atoms with Crippen LogP contribution in [-0.2, 0) is 9.59 Å². The molecule has 2 N–H and O–H groups in total. The quantitative estimate of drug-likeness (QED) is 0.747. The minimum Gasteiger partial charge on any atom is -0.481 e. The number of hydrogen-bond acceptors (Lipinski definition) is 2. The van der Waals surface area contributed by atoms with Crippen molar-refractivity contribution >= 4 is 11.9 Å². The Labute approximate surface area is 94.4 Å². The van der Waals surface area contributed by atoms with Gasteiger partial charge in [0.15, 0.2) is 0 Å². The molecule has 4 nitrogen and oxygen atoms in total. The molecule has 0 heterocycles. The molecule has 2 unspecified atom stereocenters. The highest BCUT2D eigenvalue weighted by atomic mass is 16.4. The molecule has 3 fully saturated rings. The predicted octanol–water partition coefficient (Wildman–Crippen LogP) is 1.01. The highest BCUT2D eigenvalue weighted by Gasteiger charge is 2.51. The molecule has 0 radical (unpaired) electrons. The Morgan fingerprint density at radius 3 is 2.31 bits per heavy atom. The SMILES string of the molecule is O=C(NCC1(C(=O)O)CC1)C1CC2CC2C1. The summed E-state index contributed by atoms with van der Waals surface area (Å²) >= 11 is 0. The van der Waals surface area contributed by atoms with Gasteiger partial charge in [0.2, 0.25) is 5.91 Å². The minimum atomic E-state index is -0.762. The third-order valence-electron chi connectivity index (χ3n) is 4.52. The van der Waals surface area contributed by atoms with E-state index in [0.717, 1.165) is 24.7 Å². The molecule has 3 aliphatic carbocycles. The number of nitrogens with one attached hydrogen (secondary N) is 1. The van der Waals surface area contributed by atoms with Crippen molar-refractivity contribution in [3.05, 3.63) is 0 Å². The third-order valence-corrected chi connectivity index (χ3v) is 4.52. The molecule has 1 amide bonds. The van der Waals surface area contributed by atoms with Gasteiger partial charge in [-0.25, -0.2) is 0 Å². The van der Waals surface area contributed by atoms with E-state index in [-0.39, 0.29) is 11.8 Å². The van der Waals surface area contributed by atoms with Crippen molar-refractivity contribution < 1.29 is 14.7 Å². The van der Waals surface area contributed by atoms with E-state index in [1.807, 2.05) is 0 Å². The topological polar surface area (TPSA) is 66.4 Å². The Hall–Kier alpha value is -1.06. The Kier molecular flexibility index (Phi) is 2.03. The van der Waals surface area contributed by atoms with Gasteiger partial charge in [0, 0.05) is 12.5 Å². The lowest BCUT2D eigenvalue weighted by Gasteiger charge is -2.15. The number of carboxylic acid groups (broad SMARTS) is 1. The minimum absolute atomic E-state index is 0.0831. The van der Waals surface area contributed by atoms with Crippen LogP contribution < -0.4 is 5.32 Å². The molecule has 0 bridgehead atoms. The summed E-state index contributed by atoms with van der Waals surface area (Å²) in [6, 6.07) is 0. The largest absolute Gasteiger partial charge is 0.481 e. The third kappa shape index (κ3) is 1.60. The van der Waals surface area contributed by atoms with Crippen LogP contribution in [0.5, 0.6) is 0 Å². The van der Waals surface area contributed by atoms with Gasteiger partial charge in [-0.1, -0.05) is 0 Å². The molecule has 4 heteroatoms. The zero-order valence-electron chi connectivity index (χ0n) is 9.24. The van der Waals surface area contributed by atoms with Crippen molar-refractivity contribution in [1.29, 1.82) is 0 Å². The Bertz CT molecular complexity index is 338. The molecular formula is C12H17NO3. The standard InChI is InChI=1S/C12H17NO3/c14-10(9-4-7-3-8(7)5-9)13-6-12(1-2-12)11(15)16/h7-9H,1-6H2,(H,13,14)(H,15,16). The van der Waals surface area contributed by atoms with Gasteiger partial charge in [0.1, 0.15) is 0 Å². The fourth-order valence-electron chi connectivity index (χ4n) is 2.95. The van der Waals surface area contributed by atoms with Gasteiger partial charge >= 0.3 is 5.97 Å². The number of carboxylic acids is 1. The molecule has 0 aromatic rings. The first-order chi connectivity index (χ1) is 7.61. The second-order valence-electron chi connectivity index (χ2n) is 5.73. The number of carbonyl (C=O) groups excluding carboxylic acids is 1. The molecule has 88 valence electrons. The number of aliphatic carboxylic acids is 1. The maximum Gasteiger partial charge on any atom is 0.311 e. The van der Waals surface area contributed by atoms with E-state index in [2.05, 4.69) is 5.32 Å². The van der Waals surface area contributed by atoms with Crippen LogP contribution in [-0.4, -0.2) is 23.5 Å². The molecule has 3 saturated carbocycles. The molecule has 16 heavy (non-hydrogen) atoms. The second-order valence-corrected chi connectivity index (χ2v) is 5.73. The van der Waals surface area contributed by atoms with Gasteiger partial charge in [0.05, 0.1) is 5.41 Å². The summed E-state index contributed by atoms with van der Waals surface area (Å²) in [5, 5.41) is 11.8. The van der Waals surface area contributed by atoms with E-state index < -0.39 is 11.4 Å². The summed E-state index contributed by atoms with van der Waals surface area (Å²) in [5.74, 6) is 1.07. The van der Waals surface area contributed by atoms with Crippen LogP contribution in [0, 0.1) is 23.2 Å². The van der Waals surface area contributed by atoms with E-state index in [0.29, 0.717) is 19.4 Å². The molecule has 0 aromatic carbocycles. The van der Waals surface area contributed by atoms with Crippen LogP contribution in [0.1, 0.15) is 32.1 Å². The van der Waals surface area contributed by atoms with Crippen molar-refractivity contribution in [2.75, 3.05) is 6.54 Å². The van der Waals surface area contributed by atoms with Crippen LogP contribution in [0.3, 0.4) is 0 Å². The average molecular weight is 223 g/mol. The van der Waals surface area contributed by atoms with Gasteiger partial charge in [-0.2, -0.15) is 0 Å². The molecule has 2 atom stereocenters. The monoisotopic (exact) mass is 223 g/mol. The lowest BCUT2D eigenvalue weighted by molar-refractivity contribution is -0.143. The lowest BCUT2D eigenvalue weighted by atomic mass is 10.0. The first-order valence-electron chi connectivity index (χ1n) is 6.12. The number of amides is 1. The molecule has 0 saturated heterocycles. The Balaban J connectivity index is 1.48. The van der Waals surface area contributed by atoms with E-state index in [1.54, 1.807) is 0 Å². The van der Waals surface area contributed by atoms with Gasteiger partial charge in [0.25, 0.3) is 0 Å². The highest BCUT2D eigenvalue weighted by Crippen LogP contribution is 2.54. The van der Waals surface area contributed by atoms with Crippen molar-refractivity contribution in [3.8, 4) is 0 Å². The van der Waals surface area contributed by atoms with Crippen molar-refractivity contribution in [1.82, 2.24) is 5.32 Å². The fourth-order valence-corrected chi connectivity index (χ4v) is 2.95. The van der Waals surface area contributed by atoms with E-state index in [9.17, 15) is 9.59 Å². The van der Waals surface area contributed by atoms with Gasteiger partial charge < -0.3 is 10.4 Å². The summed E-state index contributed by atoms with van der Waals surface area (Å²) in [7, 11) is 0. The van der Waals surface area contributed by atoms with E-state index in [4.69, 9.17) is 5.11 Å². The first-order valence-corrected chi connectivity index (χ1v) is 6.12. The number of rotatable bonds is 4. The Morgan fingerprint density at radius 2 is 1.81 bits per heavy atom. The smallest absolute Gasteiger partial charge is 0.311 e. The summed E-state index contributed by atoms with van der Waals surface area (Å²) in [6.45, 7) is 0.326. The van der Waals surface area contributed by atoms with Crippen molar-refractivity contribution in [2.24, 2.45) is 23.2 Å². The van der Waals surface area contributed by atoms with Gasteiger partial charge in [-0.3, -0.25) is 9.59 Å². The average Bonchev–Trinajstić information content (AvgIpc) is 3.15. The maximum absolute atomic E-state index is 11.8. The molecule has 0 aliphatic heterocycles. The molecule has 0 aromatic heterocycles. The zero-order valence-corrected chi connectivity index (χ0v) is 9.24. The molecule has 3 rings (SSSR count). The fraction of sp³-hybridized carbons (Fsp3) is 0.833. The molecular weight excluding hydrogens is 206 g/mol. The molecule has 0 spiro atoms.